The average Bonchev–Trinajstić information content (AvgIpc) is 2.28. The molecule has 0 unspecified atom stereocenters. The summed E-state index contributed by atoms with van der Waals surface area (Å²) in [6, 6.07) is 7.26. The molecule has 0 aliphatic carbocycles. The summed E-state index contributed by atoms with van der Waals surface area (Å²) in [5, 5.41) is 2.12. The maximum Gasteiger partial charge on any atom is 0.221 e. The van der Waals surface area contributed by atoms with Crippen molar-refractivity contribution >= 4 is 40.9 Å². The molecule has 17 heavy (non-hydrogen) atoms. The molecule has 0 fully saturated rings. The van der Waals surface area contributed by atoms with E-state index in [4.69, 9.17) is 28.9 Å². The molecule has 6 heteroatoms. The first kappa shape index (κ1) is 12.5. The van der Waals surface area contributed by atoms with Crippen LogP contribution >= 0.6 is 35.0 Å². The third-order valence-corrected chi connectivity index (χ3v) is 3.60. The molecule has 2 aromatic rings. The van der Waals surface area contributed by atoms with Gasteiger partial charge in [0.25, 0.3) is 0 Å². The predicted octanol–water partition coefficient (Wildman–Crippen LogP) is 3.66. The Bertz CT molecular complexity index is 534. The Kier molecular flexibility index (Phi) is 4.10. The number of nitrogens with two attached hydrogens (primary N) is 1. The second kappa shape index (κ2) is 5.58. The number of thioether (sulfide) groups is 1. The van der Waals surface area contributed by atoms with Crippen molar-refractivity contribution in [2.24, 2.45) is 0 Å². The molecule has 0 spiro atoms. The van der Waals surface area contributed by atoms with E-state index in [9.17, 15) is 0 Å². The van der Waals surface area contributed by atoms with E-state index < -0.39 is 0 Å². The smallest absolute Gasteiger partial charge is 0.221 e. The van der Waals surface area contributed by atoms with Gasteiger partial charge in [-0.05, 0) is 23.8 Å². The molecule has 0 bridgehead atoms. The molecule has 2 N–H and O–H groups in total. The summed E-state index contributed by atoms with van der Waals surface area (Å²) in [5.74, 6) is 0.990. The fourth-order valence-electron chi connectivity index (χ4n) is 1.23. The molecule has 3 nitrogen and oxygen atoms in total. The van der Waals surface area contributed by atoms with Gasteiger partial charge in [-0.25, -0.2) is 9.97 Å². The highest BCUT2D eigenvalue weighted by molar-refractivity contribution is 7.98. The normalized spacial score (nSPS) is 10.5. The molecule has 0 amide bonds. The molecular weight excluding hydrogens is 277 g/mol. The zero-order chi connectivity index (χ0) is 12.3. The van der Waals surface area contributed by atoms with Gasteiger partial charge in [-0.1, -0.05) is 29.3 Å². The number of anilines is 1. The first-order valence-electron chi connectivity index (χ1n) is 4.80. The Morgan fingerprint density at radius 3 is 2.76 bits per heavy atom. The molecule has 1 aromatic carbocycles. The highest BCUT2D eigenvalue weighted by Gasteiger charge is 2.03. The minimum absolute atomic E-state index is 0.275. The zero-order valence-electron chi connectivity index (χ0n) is 8.73. The van der Waals surface area contributed by atoms with Gasteiger partial charge in [0.2, 0.25) is 5.95 Å². The number of hydrogen-bond donors (Lipinski definition) is 1. The third kappa shape index (κ3) is 3.49. The molecule has 0 saturated heterocycles. The van der Waals surface area contributed by atoms with Crippen molar-refractivity contribution in [3.8, 4) is 0 Å². The van der Waals surface area contributed by atoms with Crippen LogP contribution in [0.25, 0.3) is 0 Å². The van der Waals surface area contributed by atoms with Gasteiger partial charge >= 0.3 is 0 Å². The van der Waals surface area contributed by atoms with Crippen molar-refractivity contribution in [3.63, 3.8) is 0 Å². The summed E-state index contributed by atoms with van der Waals surface area (Å²) in [5.41, 5.74) is 6.51. The van der Waals surface area contributed by atoms with Crippen molar-refractivity contribution < 1.29 is 0 Å². The maximum atomic E-state index is 6.07. The lowest BCUT2D eigenvalue weighted by Crippen LogP contribution is -1.94. The number of nitrogens with zero attached hydrogens (tertiary/aromatic N) is 2. The lowest BCUT2D eigenvalue weighted by Gasteiger charge is -2.04. The van der Waals surface area contributed by atoms with E-state index in [1.54, 1.807) is 24.0 Å². The van der Waals surface area contributed by atoms with Crippen molar-refractivity contribution in [3.05, 3.63) is 46.1 Å². The molecule has 0 aliphatic rings. The number of halogens is 2. The van der Waals surface area contributed by atoms with E-state index >= 15 is 0 Å². The Morgan fingerprint density at radius 1 is 1.24 bits per heavy atom. The van der Waals surface area contributed by atoms with Crippen molar-refractivity contribution in [1.82, 2.24) is 9.97 Å². The molecule has 1 heterocycles. The fourth-order valence-corrected chi connectivity index (χ4v) is 2.65. The highest BCUT2D eigenvalue weighted by atomic mass is 35.5. The molecule has 2 rings (SSSR count). The molecular formula is C11H9Cl2N3S. The first-order chi connectivity index (χ1) is 8.15. The lowest BCUT2D eigenvalue weighted by atomic mass is 10.2. The Hall–Kier alpha value is -0.970. The van der Waals surface area contributed by atoms with E-state index in [0.29, 0.717) is 15.8 Å². The lowest BCUT2D eigenvalue weighted by molar-refractivity contribution is 1.06. The Balaban J connectivity index is 2.07. The van der Waals surface area contributed by atoms with E-state index in [1.807, 2.05) is 18.2 Å². The van der Waals surface area contributed by atoms with E-state index in [-0.39, 0.29) is 5.95 Å². The standard InChI is InChI=1S/C11H9Cl2N3S/c12-8-2-1-7(9(13)5-8)6-17-10-3-4-15-11(14)16-10/h1-5H,6H2,(H2,14,15,16). The zero-order valence-corrected chi connectivity index (χ0v) is 11.1. The van der Waals surface area contributed by atoms with Crippen LogP contribution in [0.1, 0.15) is 5.56 Å². The van der Waals surface area contributed by atoms with Crippen LogP contribution in [0.3, 0.4) is 0 Å². The topological polar surface area (TPSA) is 51.8 Å². The molecule has 0 aliphatic heterocycles. The summed E-state index contributed by atoms with van der Waals surface area (Å²) >= 11 is 13.4. The monoisotopic (exact) mass is 285 g/mol. The number of hydrogen-bond acceptors (Lipinski definition) is 4. The van der Waals surface area contributed by atoms with Crippen LogP contribution in [-0.2, 0) is 5.75 Å². The summed E-state index contributed by atoms with van der Waals surface area (Å²) in [6.07, 6.45) is 1.63. The van der Waals surface area contributed by atoms with Gasteiger partial charge in [0.1, 0.15) is 5.03 Å². The van der Waals surface area contributed by atoms with Gasteiger partial charge in [-0.2, -0.15) is 0 Å². The van der Waals surface area contributed by atoms with Gasteiger partial charge in [-0.15, -0.1) is 11.8 Å². The number of aromatic nitrogens is 2. The molecule has 0 radical (unpaired) electrons. The van der Waals surface area contributed by atoms with Gasteiger partial charge in [0.05, 0.1) is 0 Å². The van der Waals surface area contributed by atoms with E-state index in [2.05, 4.69) is 9.97 Å². The maximum absolute atomic E-state index is 6.07. The van der Waals surface area contributed by atoms with E-state index in [0.717, 1.165) is 10.6 Å². The second-order valence-corrected chi connectivity index (χ2v) is 5.12. The van der Waals surface area contributed by atoms with Crippen LogP contribution in [0.5, 0.6) is 0 Å². The Morgan fingerprint density at radius 2 is 2.06 bits per heavy atom. The van der Waals surface area contributed by atoms with Crippen LogP contribution in [0.4, 0.5) is 5.95 Å². The molecule has 88 valence electrons. The SMILES string of the molecule is Nc1nccc(SCc2ccc(Cl)cc2Cl)n1. The third-order valence-electron chi connectivity index (χ3n) is 2.04. The Labute approximate surface area is 113 Å². The summed E-state index contributed by atoms with van der Waals surface area (Å²) in [7, 11) is 0. The van der Waals surface area contributed by atoms with Crippen LogP contribution in [-0.4, -0.2) is 9.97 Å². The van der Waals surface area contributed by atoms with Crippen LogP contribution in [0.2, 0.25) is 10.0 Å². The van der Waals surface area contributed by atoms with Crippen LogP contribution < -0.4 is 5.73 Å². The van der Waals surface area contributed by atoms with Crippen LogP contribution in [0, 0.1) is 0 Å². The molecule has 1 aromatic heterocycles. The van der Waals surface area contributed by atoms with E-state index in [1.165, 1.54) is 0 Å². The van der Waals surface area contributed by atoms with Crippen molar-refractivity contribution in [2.75, 3.05) is 5.73 Å². The highest BCUT2D eigenvalue weighted by Crippen LogP contribution is 2.27. The van der Waals surface area contributed by atoms with Gasteiger partial charge in [-0.3, -0.25) is 0 Å². The molecule has 0 atom stereocenters. The average molecular weight is 286 g/mol. The first-order valence-corrected chi connectivity index (χ1v) is 6.54. The van der Waals surface area contributed by atoms with Gasteiger partial charge < -0.3 is 5.73 Å². The van der Waals surface area contributed by atoms with Gasteiger partial charge in [0, 0.05) is 22.0 Å². The van der Waals surface area contributed by atoms with Crippen LogP contribution in [0.15, 0.2) is 35.5 Å². The summed E-state index contributed by atoms with van der Waals surface area (Å²) in [6.45, 7) is 0. The van der Waals surface area contributed by atoms with Gasteiger partial charge in [0.15, 0.2) is 0 Å². The minimum atomic E-state index is 0.275. The predicted molar refractivity (Wildman–Crippen MR) is 72.5 cm³/mol. The largest absolute Gasteiger partial charge is 0.368 e. The second-order valence-electron chi connectivity index (χ2n) is 3.28. The quantitative estimate of drug-likeness (QED) is 0.691. The number of rotatable bonds is 3. The minimum Gasteiger partial charge on any atom is -0.368 e. The number of benzene rings is 1. The molecule has 0 saturated carbocycles. The van der Waals surface area contributed by atoms with Crippen molar-refractivity contribution in [2.45, 2.75) is 10.8 Å². The summed E-state index contributed by atoms with van der Waals surface area (Å²) < 4.78 is 0. The number of nitrogen functional groups attached to an aromatic ring is 1. The fraction of sp³-hybridized carbons (Fsp3) is 0.0909. The summed E-state index contributed by atoms with van der Waals surface area (Å²) in [4.78, 5) is 7.93. The van der Waals surface area contributed by atoms with Crippen molar-refractivity contribution in [1.29, 1.82) is 0 Å².